The van der Waals surface area contributed by atoms with Crippen molar-refractivity contribution in [2.75, 3.05) is 6.54 Å². The maximum Gasteiger partial charge on any atom is 0.333 e. The molecule has 2 fully saturated rings. The van der Waals surface area contributed by atoms with E-state index >= 15 is 0 Å². The predicted octanol–water partition coefficient (Wildman–Crippen LogP) is 2.06. The largest absolute Gasteiger partial charge is 0.472 e. The Morgan fingerprint density at radius 2 is 1.83 bits per heavy atom. The van der Waals surface area contributed by atoms with E-state index in [1.807, 2.05) is 36.4 Å². The van der Waals surface area contributed by atoms with Crippen LogP contribution in [0.2, 0.25) is 0 Å². The van der Waals surface area contributed by atoms with Crippen LogP contribution in [0.5, 0.6) is 0 Å². The highest BCUT2D eigenvalue weighted by atomic mass is 16.5. The number of carbonyl (C=O) groups excluding carboxylic acids is 3. The molecule has 2 saturated heterocycles. The second-order valence-electron chi connectivity index (χ2n) is 6.85. The molecule has 2 atom stereocenters. The van der Waals surface area contributed by atoms with Crippen molar-refractivity contribution in [3.8, 4) is 0 Å². The van der Waals surface area contributed by atoms with E-state index in [9.17, 15) is 14.4 Å². The van der Waals surface area contributed by atoms with Gasteiger partial charge in [-0.25, -0.2) is 4.79 Å². The van der Waals surface area contributed by atoms with Crippen molar-refractivity contribution in [2.45, 2.75) is 25.3 Å². The van der Waals surface area contributed by atoms with Gasteiger partial charge in [0.1, 0.15) is 12.4 Å². The Kier molecular flexibility index (Phi) is 5.29. The Morgan fingerprint density at radius 1 is 1.14 bits per heavy atom. The minimum absolute atomic E-state index is 0.00506. The molecule has 2 amide bonds. The first kappa shape index (κ1) is 18.7. The highest BCUT2D eigenvalue weighted by Gasteiger charge is 2.43. The molecular formula is C22H20N2O5. The Labute approximate surface area is 167 Å². The van der Waals surface area contributed by atoms with Crippen LogP contribution in [0.1, 0.15) is 23.6 Å². The predicted molar refractivity (Wildman–Crippen MR) is 103 cm³/mol. The number of fused-ring (bicyclic) bond motifs is 1. The lowest BCUT2D eigenvalue weighted by atomic mass is 10.1. The number of β-lactam (4-membered cyclic amide) rings is 1. The first-order chi connectivity index (χ1) is 14.1. The summed E-state index contributed by atoms with van der Waals surface area (Å²) in [6, 6.07) is 17.3. The molecule has 1 N–H and O–H groups in total. The molecule has 0 spiro atoms. The molecule has 148 valence electrons. The van der Waals surface area contributed by atoms with Gasteiger partial charge in [0.25, 0.3) is 0 Å². The third kappa shape index (κ3) is 4.29. The lowest BCUT2D eigenvalue weighted by Crippen LogP contribution is -2.48. The minimum Gasteiger partial charge on any atom is -0.472 e. The zero-order valence-corrected chi connectivity index (χ0v) is 15.6. The van der Waals surface area contributed by atoms with Gasteiger partial charge in [0.15, 0.2) is 12.3 Å². The van der Waals surface area contributed by atoms with Crippen molar-refractivity contribution >= 4 is 17.8 Å². The van der Waals surface area contributed by atoms with Crippen LogP contribution < -0.4 is 5.32 Å². The highest BCUT2D eigenvalue weighted by Crippen LogP contribution is 2.30. The Morgan fingerprint density at radius 3 is 2.48 bits per heavy atom. The van der Waals surface area contributed by atoms with Crippen molar-refractivity contribution in [1.29, 1.82) is 0 Å². The van der Waals surface area contributed by atoms with Crippen LogP contribution in [-0.4, -0.2) is 35.5 Å². The summed E-state index contributed by atoms with van der Waals surface area (Å²) in [5.41, 5.74) is 1.47. The van der Waals surface area contributed by atoms with Crippen LogP contribution in [0.25, 0.3) is 0 Å². The Balaban J connectivity index is 1.43. The standard InChI is InChI=1S/C22H20N2O5/c25-18(11-17-13-24-19(26)12-20(24)29-17)23-21(16-9-5-2-6-10-16)22(27)28-14-15-7-3-1-4-8-15/h1-11,20-21H,12-14H2,(H,23,25)/t20?,21-/m1/s1. The molecule has 1 unspecified atom stereocenters. The van der Waals surface area contributed by atoms with Crippen LogP contribution >= 0.6 is 0 Å². The molecule has 2 aromatic carbocycles. The number of ether oxygens (including phenoxy) is 2. The maximum atomic E-state index is 12.7. The second kappa shape index (κ2) is 8.18. The van der Waals surface area contributed by atoms with Gasteiger partial charge in [-0.2, -0.15) is 0 Å². The van der Waals surface area contributed by atoms with Gasteiger partial charge in [0.05, 0.1) is 13.0 Å². The number of benzene rings is 2. The average molecular weight is 392 g/mol. The van der Waals surface area contributed by atoms with E-state index in [1.54, 1.807) is 29.2 Å². The molecule has 0 bridgehead atoms. The number of rotatable bonds is 6. The summed E-state index contributed by atoms with van der Waals surface area (Å²) in [7, 11) is 0. The van der Waals surface area contributed by atoms with Gasteiger partial charge in [-0.15, -0.1) is 0 Å². The van der Waals surface area contributed by atoms with Gasteiger partial charge < -0.3 is 14.8 Å². The van der Waals surface area contributed by atoms with Gasteiger partial charge in [-0.1, -0.05) is 60.7 Å². The molecule has 2 heterocycles. The summed E-state index contributed by atoms with van der Waals surface area (Å²) in [6.45, 7) is 0.382. The van der Waals surface area contributed by atoms with Gasteiger partial charge in [0.2, 0.25) is 11.8 Å². The third-order valence-corrected chi connectivity index (χ3v) is 4.80. The van der Waals surface area contributed by atoms with E-state index in [-0.39, 0.29) is 25.3 Å². The quantitative estimate of drug-likeness (QED) is 0.462. The molecule has 0 saturated carbocycles. The van der Waals surface area contributed by atoms with E-state index in [2.05, 4.69) is 5.32 Å². The summed E-state index contributed by atoms with van der Waals surface area (Å²) < 4.78 is 11.0. The molecule has 0 aliphatic carbocycles. The SMILES string of the molecule is O=C(C=C1CN2C(=O)CC2O1)N[C@@H](C(=O)OCc1ccccc1)c1ccccc1. The number of amides is 2. The fourth-order valence-electron chi connectivity index (χ4n) is 3.25. The highest BCUT2D eigenvalue weighted by molar-refractivity contribution is 5.92. The monoisotopic (exact) mass is 392 g/mol. The van der Waals surface area contributed by atoms with Crippen LogP contribution in [0.15, 0.2) is 72.5 Å². The molecule has 7 nitrogen and oxygen atoms in total. The summed E-state index contributed by atoms with van der Waals surface area (Å²) >= 11 is 0. The smallest absolute Gasteiger partial charge is 0.333 e. The molecular weight excluding hydrogens is 372 g/mol. The fourth-order valence-corrected chi connectivity index (χ4v) is 3.25. The van der Waals surface area contributed by atoms with Crippen LogP contribution in [-0.2, 0) is 30.5 Å². The summed E-state index contributed by atoms with van der Waals surface area (Å²) in [5, 5.41) is 2.68. The summed E-state index contributed by atoms with van der Waals surface area (Å²) in [4.78, 5) is 38.2. The molecule has 2 aromatic rings. The van der Waals surface area contributed by atoms with Crippen molar-refractivity contribution in [3.63, 3.8) is 0 Å². The van der Waals surface area contributed by atoms with E-state index in [1.165, 1.54) is 6.08 Å². The minimum atomic E-state index is -0.954. The van der Waals surface area contributed by atoms with E-state index in [0.717, 1.165) is 5.56 Å². The number of hydrogen-bond acceptors (Lipinski definition) is 5. The van der Waals surface area contributed by atoms with E-state index in [4.69, 9.17) is 9.47 Å². The number of carbonyl (C=O) groups is 3. The van der Waals surface area contributed by atoms with Gasteiger partial charge in [-0.05, 0) is 11.1 Å². The van der Waals surface area contributed by atoms with Crippen molar-refractivity contribution < 1.29 is 23.9 Å². The molecule has 0 radical (unpaired) electrons. The number of hydrogen-bond donors (Lipinski definition) is 1. The Bertz CT molecular complexity index is 942. The third-order valence-electron chi connectivity index (χ3n) is 4.80. The van der Waals surface area contributed by atoms with Gasteiger partial charge in [0, 0.05) is 6.08 Å². The molecule has 4 rings (SSSR count). The molecule has 2 aliphatic rings. The van der Waals surface area contributed by atoms with Crippen molar-refractivity contribution in [2.24, 2.45) is 0 Å². The molecule has 7 heteroatoms. The summed E-state index contributed by atoms with van der Waals surface area (Å²) in [5.74, 6) is -0.633. The lowest BCUT2D eigenvalue weighted by Gasteiger charge is -2.30. The molecule has 29 heavy (non-hydrogen) atoms. The van der Waals surface area contributed by atoms with Crippen molar-refractivity contribution in [1.82, 2.24) is 10.2 Å². The zero-order valence-electron chi connectivity index (χ0n) is 15.6. The fraction of sp³-hybridized carbons (Fsp3) is 0.227. The first-order valence-corrected chi connectivity index (χ1v) is 9.33. The maximum absolute atomic E-state index is 12.7. The number of nitrogens with zero attached hydrogens (tertiary/aromatic N) is 1. The van der Waals surface area contributed by atoms with E-state index < -0.39 is 17.9 Å². The zero-order chi connectivity index (χ0) is 20.2. The van der Waals surface area contributed by atoms with Crippen LogP contribution in [0.3, 0.4) is 0 Å². The molecule has 2 aliphatic heterocycles. The van der Waals surface area contributed by atoms with E-state index in [0.29, 0.717) is 17.7 Å². The first-order valence-electron chi connectivity index (χ1n) is 9.33. The number of esters is 1. The Hall–Kier alpha value is -3.61. The van der Waals surface area contributed by atoms with Crippen LogP contribution in [0, 0.1) is 0 Å². The average Bonchev–Trinajstić information content (AvgIpc) is 3.07. The number of nitrogens with one attached hydrogen (secondary N) is 1. The van der Waals surface area contributed by atoms with Crippen LogP contribution in [0.4, 0.5) is 0 Å². The summed E-state index contributed by atoms with van der Waals surface area (Å²) in [6.07, 6.45) is 1.34. The topological polar surface area (TPSA) is 84.9 Å². The van der Waals surface area contributed by atoms with Gasteiger partial charge >= 0.3 is 5.97 Å². The second-order valence-corrected chi connectivity index (χ2v) is 6.85. The van der Waals surface area contributed by atoms with Crippen molar-refractivity contribution in [3.05, 3.63) is 83.6 Å². The van der Waals surface area contributed by atoms with Gasteiger partial charge in [-0.3, -0.25) is 14.5 Å². The lowest BCUT2D eigenvalue weighted by molar-refractivity contribution is -0.154. The molecule has 0 aromatic heterocycles. The normalized spacial score (nSPS) is 19.7.